The van der Waals surface area contributed by atoms with Gasteiger partial charge in [-0.1, -0.05) is 6.58 Å². The quantitative estimate of drug-likeness (QED) is 0.268. The van der Waals surface area contributed by atoms with E-state index in [4.69, 9.17) is 18.9 Å². The first kappa shape index (κ1) is 21.0. The zero-order valence-electron chi connectivity index (χ0n) is 15.9. The Labute approximate surface area is 160 Å². The molecule has 0 atom stereocenters. The number of methoxy groups -OCH3 is 1. The molecule has 1 aliphatic rings. The number of carbonyl (C=O) groups is 2. The van der Waals surface area contributed by atoms with Crippen molar-refractivity contribution in [3.63, 3.8) is 0 Å². The van der Waals surface area contributed by atoms with Crippen molar-refractivity contribution in [2.75, 3.05) is 20.3 Å². The van der Waals surface area contributed by atoms with Crippen LogP contribution in [0.15, 0.2) is 36.9 Å². The average Bonchev–Trinajstić information content (AvgIpc) is 2.69. The predicted octanol–water partition coefficient (Wildman–Crippen LogP) is 3.69. The van der Waals surface area contributed by atoms with Crippen molar-refractivity contribution in [1.82, 2.24) is 0 Å². The molecule has 1 saturated carbocycles. The largest absolute Gasteiger partial charge is 0.497 e. The van der Waals surface area contributed by atoms with Gasteiger partial charge in [0.1, 0.15) is 11.5 Å². The lowest BCUT2D eigenvalue weighted by Gasteiger charge is -2.28. The minimum Gasteiger partial charge on any atom is -0.497 e. The van der Waals surface area contributed by atoms with E-state index in [0.29, 0.717) is 37.7 Å². The normalized spacial score (nSPS) is 19.1. The van der Waals surface area contributed by atoms with E-state index in [0.717, 1.165) is 37.5 Å². The first-order valence-electron chi connectivity index (χ1n) is 9.36. The maximum atomic E-state index is 12.1. The third-order valence-corrected chi connectivity index (χ3v) is 4.59. The number of hydrogen-bond acceptors (Lipinski definition) is 6. The van der Waals surface area contributed by atoms with Crippen molar-refractivity contribution in [2.45, 2.75) is 44.6 Å². The van der Waals surface area contributed by atoms with Crippen molar-refractivity contribution >= 4 is 11.9 Å². The summed E-state index contributed by atoms with van der Waals surface area (Å²) in [6.07, 6.45) is 6.25. The van der Waals surface area contributed by atoms with Gasteiger partial charge < -0.3 is 18.9 Å². The highest BCUT2D eigenvalue weighted by molar-refractivity contribution is 5.81. The van der Waals surface area contributed by atoms with Gasteiger partial charge in [0.25, 0.3) is 0 Å². The number of esters is 2. The number of carbonyl (C=O) groups excluding carboxylic acids is 2. The number of benzene rings is 1. The first-order chi connectivity index (χ1) is 13.1. The van der Waals surface area contributed by atoms with Crippen LogP contribution >= 0.6 is 0 Å². The third kappa shape index (κ3) is 7.83. The van der Waals surface area contributed by atoms with Crippen molar-refractivity contribution in [1.29, 1.82) is 0 Å². The van der Waals surface area contributed by atoms with Gasteiger partial charge in [0.15, 0.2) is 0 Å². The zero-order chi connectivity index (χ0) is 19.5. The first-order valence-corrected chi connectivity index (χ1v) is 9.36. The van der Waals surface area contributed by atoms with E-state index in [1.165, 1.54) is 0 Å². The fraction of sp³-hybridized carbons (Fsp3) is 0.524. The number of rotatable bonds is 10. The van der Waals surface area contributed by atoms with Gasteiger partial charge >= 0.3 is 11.9 Å². The van der Waals surface area contributed by atoms with Crippen molar-refractivity contribution in [2.24, 2.45) is 5.92 Å². The fourth-order valence-corrected chi connectivity index (χ4v) is 3.10. The van der Waals surface area contributed by atoms with E-state index in [2.05, 4.69) is 6.58 Å². The lowest BCUT2D eigenvalue weighted by atomic mass is 9.85. The standard InChI is InChI=1S/C21H28O6/c1-3-20(22)26-14-4-13-25-18-7-5-16(6-8-18)15-21(23)27-19-11-9-17(24-2)10-12-19/h3,9-12,16,18H,1,4-8,13-15H2,2H3. The van der Waals surface area contributed by atoms with Crippen LogP contribution in [0.5, 0.6) is 11.5 Å². The molecule has 2 rings (SSSR count). The Morgan fingerprint density at radius 1 is 1.07 bits per heavy atom. The lowest BCUT2D eigenvalue weighted by Crippen LogP contribution is -2.25. The van der Waals surface area contributed by atoms with Crippen LogP contribution in [-0.4, -0.2) is 38.4 Å². The SMILES string of the molecule is C=CC(=O)OCCCOC1CCC(CC(=O)Oc2ccc(OC)cc2)CC1. The minimum atomic E-state index is -0.406. The Kier molecular flexibility index (Phi) is 8.84. The van der Waals surface area contributed by atoms with Gasteiger partial charge in [0.2, 0.25) is 0 Å². The van der Waals surface area contributed by atoms with E-state index in [1.807, 2.05) is 0 Å². The summed E-state index contributed by atoms with van der Waals surface area (Å²) in [7, 11) is 1.60. The maximum Gasteiger partial charge on any atom is 0.330 e. The third-order valence-electron chi connectivity index (χ3n) is 4.59. The molecular weight excluding hydrogens is 348 g/mol. The summed E-state index contributed by atoms with van der Waals surface area (Å²) in [5.41, 5.74) is 0. The van der Waals surface area contributed by atoms with E-state index in [1.54, 1.807) is 31.4 Å². The Morgan fingerprint density at radius 2 is 1.74 bits per heavy atom. The molecule has 1 aromatic rings. The second kappa shape index (κ2) is 11.4. The van der Waals surface area contributed by atoms with E-state index >= 15 is 0 Å². The van der Waals surface area contributed by atoms with Crippen LogP contribution in [-0.2, 0) is 19.1 Å². The smallest absolute Gasteiger partial charge is 0.330 e. The molecule has 0 aromatic heterocycles. The molecule has 148 valence electrons. The highest BCUT2D eigenvalue weighted by Gasteiger charge is 2.24. The van der Waals surface area contributed by atoms with Gasteiger partial charge in [-0.25, -0.2) is 4.79 Å². The van der Waals surface area contributed by atoms with Crippen LogP contribution in [0.4, 0.5) is 0 Å². The molecule has 0 aliphatic heterocycles. The summed E-state index contributed by atoms with van der Waals surface area (Å²) in [6.45, 7) is 4.26. The molecule has 0 saturated heterocycles. The maximum absolute atomic E-state index is 12.1. The topological polar surface area (TPSA) is 71.1 Å². The van der Waals surface area contributed by atoms with Gasteiger partial charge in [-0.15, -0.1) is 0 Å². The summed E-state index contributed by atoms with van der Waals surface area (Å²) in [4.78, 5) is 23.0. The van der Waals surface area contributed by atoms with Gasteiger partial charge in [0.05, 0.1) is 26.4 Å². The molecule has 1 fully saturated rings. The van der Waals surface area contributed by atoms with Crippen LogP contribution in [0.25, 0.3) is 0 Å². The Balaban J connectivity index is 1.58. The van der Waals surface area contributed by atoms with Crippen molar-refractivity contribution < 1.29 is 28.5 Å². The van der Waals surface area contributed by atoms with Crippen LogP contribution in [0.1, 0.15) is 38.5 Å². The number of hydrogen-bond donors (Lipinski definition) is 0. The Hall–Kier alpha value is -2.34. The van der Waals surface area contributed by atoms with Crippen LogP contribution < -0.4 is 9.47 Å². The van der Waals surface area contributed by atoms with Crippen LogP contribution in [0.3, 0.4) is 0 Å². The van der Waals surface area contributed by atoms with Crippen LogP contribution in [0, 0.1) is 5.92 Å². The highest BCUT2D eigenvalue weighted by atomic mass is 16.5. The van der Waals surface area contributed by atoms with E-state index in [9.17, 15) is 9.59 Å². The van der Waals surface area contributed by atoms with Gasteiger partial charge in [-0.3, -0.25) is 4.79 Å². The fourth-order valence-electron chi connectivity index (χ4n) is 3.10. The predicted molar refractivity (Wildman–Crippen MR) is 101 cm³/mol. The summed E-state index contributed by atoms with van der Waals surface area (Å²) in [5, 5.41) is 0. The molecule has 0 unspecified atom stereocenters. The van der Waals surface area contributed by atoms with Crippen molar-refractivity contribution in [3.8, 4) is 11.5 Å². The molecule has 6 nitrogen and oxygen atoms in total. The average molecular weight is 376 g/mol. The van der Waals surface area contributed by atoms with Crippen LogP contribution in [0.2, 0.25) is 0 Å². The van der Waals surface area contributed by atoms with E-state index in [-0.39, 0.29) is 12.1 Å². The molecule has 6 heteroatoms. The molecule has 0 amide bonds. The van der Waals surface area contributed by atoms with Gasteiger partial charge in [-0.05, 0) is 55.9 Å². The monoisotopic (exact) mass is 376 g/mol. The summed E-state index contributed by atoms with van der Waals surface area (Å²) in [5.74, 6) is 0.997. The minimum absolute atomic E-state index is 0.200. The molecule has 0 heterocycles. The summed E-state index contributed by atoms with van der Waals surface area (Å²) in [6, 6.07) is 6.99. The summed E-state index contributed by atoms with van der Waals surface area (Å²) >= 11 is 0. The van der Waals surface area contributed by atoms with Gasteiger partial charge in [0, 0.05) is 18.9 Å². The lowest BCUT2D eigenvalue weighted by molar-refractivity contribution is -0.138. The molecule has 1 aromatic carbocycles. The van der Waals surface area contributed by atoms with Crippen molar-refractivity contribution in [3.05, 3.63) is 36.9 Å². The Morgan fingerprint density at radius 3 is 2.37 bits per heavy atom. The molecule has 27 heavy (non-hydrogen) atoms. The molecule has 0 radical (unpaired) electrons. The molecule has 0 N–H and O–H groups in total. The second-order valence-electron chi connectivity index (χ2n) is 6.59. The molecule has 1 aliphatic carbocycles. The second-order valence-corrected chi connectivity index (χ2v) is 6.59. The summed E-state index contributed by atoms with van der Waals surface area (Å²) < 4.78 is 21.2. The van der Waals surface area contributed by atoms with E-state index < -0.39 is 5.97 Å². The molecular formula is C21H28O6. The highest BCUT2D eigenvalue weighted by Crippen LogP contribution is 2.29. The zero-order valence-corrected chi connectivity index (χ0v) is 15.9. The molecule has 0 spiro atoms. The van der Waals surface area contributed by atoms with Gasteiger partial charge in [-0.2, -0.15) is 0 Å². The molecule has 0 bridgehead atoms. The number of ether oxygens (including phenoxy) is 4. The Bertz CT molecular complexity index is 602.